The molecular weight excluding hydrogens is 382 g/mol. The molecule has 0 saturated carbocycles. The van der Waals surface area contributed by atoms with Crippen LogP contribution < -0.4 is 9.46 Å². The Morgan fingerprint density at radius 1 is 1.04 bits per heavy atom. The van der Waals surface area contributed by atoms with Gasteiger partial charge in [0.25, 0.3) is 0 Å². The minimum atomic E-state index is -3.70. The van der Waals surface area contributed by atoms with Crippen molar-refractivity contribution in [2.75, 3.05) is 13.7 Å². The number of benzene rings is 2. The Balaban J connectivity index is 1.84. The molecule has 0 spiro atoms. The van der Waals surface area contributed by atoms with Gasteiger partial charge in [-0.05, 0) is 50.2 Å². The van der Waals surface area contributed by atoms with Crippen molar-refractivity contribution in [2.24, 2.45) is 0 Å². The van der Waals surface area contributed by atoms with Crippen molar-refractivity contribution in [3.63, 3.8) is 0 Å². The number of aryl methyl sites for hydroxylation is 1. The molecule has 0 fully saturated rings. The van der Waals surface area contributed by atoms with Crippen LogP contribution in [0.25, 0.3) is 0 Å². The number of Topliss-reactive ketones (excluding diaryl/α,β-unsaturated/α-hetero) is 1. The zero-order valence-corrected chi connectivity index (χ0v) is 16.8. The molecule has 2 rings (SSSR count). The molecule has 0 unspecified atom stereocenters. The lowest BCUT2D eigenvalue weighted by Gasteiger charge is -2.13. The third kappa shape index (κ3) is 5.90. The van der Waals surface area contributed by atoms with Gasteiger partial charge in [-0.25, -0.2) is 13.1 Å². The summed E-state index contributed by atoms with van der Waals surface area (Å²) in [6, 6.07) is 12.8. The molecule has 0 heterocycles. The zero-order chi connectivity index (χ0) is 20.7. The standard InChI is InChI=1S/C20H23NO6S/c1-14-4-10-18(11-5-14)28(24,25)21-13-12-19(22)27-15(2)20(23)16-6-8-17(26-3)9-7-16/h4-11,15,21H,12-13H2,1-3H3/t15-/m0/s1. The van der Waals surface area contributed by atoms with Gasteiger partial charge in [0.15, 0.2) is 6.10 Å². The molecule has 0 amide bonds. The van der Waals surface area contributed by atoms with Gasteiger partial charge in [-0.3, -0.25) is 9.59 Å². The number of carbonyl (C=O) groups excluding carboxylic acids is 2. The fourth-order valence-electron chi connectivity index (χ4n) is 2.39. The first-order valence-corrected chi connectivity index (χ1v) is 10.2. The number of ketones is 1. The lowest BCUT2D eigenvalue weighted by molar-refractivity contribution is -0.146. The molecule has 8 heteroatoms. The second-order valence-electron chi connectivity index (χ2n) is 6.19. The van der Waals surface area contributed by atoms with Crippen molar-refractivity contribution >= 4 is 21.8 Å². The highest BCUT2D eigenvalue weighted by Crippen LogP contribution is 2.14. The Hall–Kier alpha value is -2.71. The molecular formula is C20H23NO6S. The number of methoxy groups -OCH3 is 1. The van der Waals surface area contributed by atoms with Crippen molar-refractivity contribution < 1.29 is 27.5 Å². The minimum absolute atomic E-state index is 0.120. The lowest BCUT2D eigenvalue weighted by Crippen LogP contribution is -2.29. The monoisotopic (exact) mass is 405 g/mol. The molecule has 0 aliphatic carbocycles. The van der Waals surface area contributed by atoms with Crippen LogP contribution in [0.5, 0.6) is 5.75 Å². The largest absolute Gasteiger partial charge is 0.497 e. The molecule has 0 saturated heterocycles. The summed E-state index contributed by atoms with van der Waals surface area (Å²) >= 11 is 0. The molecule has 0 radical (unpaired) electrons. The number of esters is 1. The Kier molecular flexibility index (Phi) is 7.31. The molecule has 2 aromatic rings. The third-order valence-corrected chi connectivity index (χ3v) is 5.48. The van der Waals surface area contributed by atoms with E-state index in [1.165, 1.54) is 26.2 Å². The van der Waals surface area contributed by atoms with E-state index in [0.717, 1.165) is 5.56 Å². The number of rotatable bonds is 9. The highest BCUT2D eigenvalue weighted by atomic mass is 32.2. The normalized spacial score (nSPS) is 12.2. The number of ether oxygens (including phenoxy) is 2. The topological polar surface area (TPSA) is 98.8 Å². The van der Waals surface area contributed by atoms with Gasteiger partial charge in [-0.1, -0.05) is 17.7 Å². The molecule has 2 aromatic carbocycles. The van der Waals surface area contributed by atoms with Crippen LogP contribution in [0.2, 0.25) is 0 Å². The van der Waals surface area contributed by atoms with Gasteiger partial charge in [-0.15, -0.1) is 0 Å². The number of hydrogen-bond donors (Lipinski definition) is 1. The van der Waals surface area contributed by atoms with Gasteiger partial charge in [0, 0.05) is 12.1 Å². The van der Waals surface area contributed by atoms with E-state index in [-0.39, 0.29) is 23.6 Å². The van der Waals surface area contributed by atoms with E-state index in [9.17, 15) is 18.0 Å². The maximum Gasteiger partial charge on any atom is 0.307 e. The number of sulfonamides is 1. The Morgan fingerprint density at radius 2 is 1.64 bits per heavy atom. The van der Waals surface area contributed by atoms with Gasteiger partial charge < -0.3 is 9.47 Å². The smallest absolute Gasteiger partial charge is 0.307 e. The highest BCUT2D eigenvalue weighted by molar-refractivity contribution is 7.89. The second-order valence-corrected chi connectivity index (χ2v) is 7.95. The van der Waals surface area contributed by atoms with Crippen LogP contribution in [0.4, 0.5) is 0 Å². The number of nitrogens with one attached hydrogen (secondary N) is 1. The van der Waals surface area contributed by atoms with Gasteiger partial charge in [0.05, 0.1) is 18.4 Å². The highest BCUT2D eigenvalue weighted by Gasteiger charge is 2.20. The van der Waals surface area contributed by atoms with E-state index in [1.54, 1.807) is 36.4 Å². The van der Waals surface area contributed by atoms with Crippen LogP contribution in [-0.4, -0.2) is 39.9 Å². The van der Waals surface area contributed by atoms with Crippen LogP contribution in [0, 0.1) is 6.92 Å². The first-order chi connectivity index (χ1) is 13.2. The SMILES string of the molecule is COc1ccc(C(=O)[C@H](C)OC(=O)CCNS(=O)(=O)c2ccc(C)cc2)cc1. The molecule has 150 valence electrons. The predicted molar refractivity (Wildman–Crippen MR) is 104 cm³/mol. The molecule has 0 bridgehead atoms. The maximum atomic E-state index is 12.3. The van der Waals surface area contributed by atoms with Crippen molar-refractivity contribution in [2.45, 2.75) is 31.3 Å². The summed E-state index contributed by atoms with van der Waals surface area (Å²) in [5.41, 5.74) is 1.33. The van der Waals surface area contributed by atoms with Crippen LogP contribution in [0.15, 0.2) is 53.4 Å². The van der Waals surface area contributed by atoms with Crippen LogP contribution in [0.3, 0.4) is 0 Å². The summed E-state index contributed by atoms with van der Waals surface area (Å²) in [4.78, 5) is 24.3. The fraction of sp³-hybridized carbons (Fsp3) is 0.300. The average Bonchev–Trinajstić information content (AvgIpc) is 2.67. The van der Waals surface area contributed by atoms with Crippen LogP contribution in [-0.2, 0) is 19.6 Å². The molecule has 28 heavy (non-hydrogen) atoms. The molecule has 1 N–H and O–H groups in total. The van der Waals surface area contributed by atoms with E-state index < -0.39 is 22.1 Å². The summed E-state index contributed by atoms with van der Waals surface area (Å²) in [5, 5.41) is 0. The summed E-state index contributed by atoms with van der Waals surface area (Å²) in [6.07, 6.45) is -1.17. The van der Waals surface area contributed by atoms with Crippen molar-refractivity contribution in [3.05, 3.63) is 59.7 Å². The van der Waals surface area contributed by atoms with E-state index in [0.29, 0.717) is 11.3 Å². The zero-order valence-electron chi connectivity index (χ0n) is 16.0. The summed E-state index contributed by atoms with van der Waals surface area (Å²) < 4.78 is 36.8. The van der Waals surface area contributed by atoms with Gasteiger partial charge >= 0.3 is 5.97 Å². The van der Waals surface area contributed by atoms with E-state index >= 15 is 0 Å². The molecule has 0 aromatic heterocycles. The Morgan fingerprint density at radius 3 is 2.21 bits per heavy atom. The van der Waals surface area contributed by atoms with Gasteiger partial charge in [0.1, 0.15) is 5.75 Å². The minimum Gasteiger partial charge on any atom is -0.497 e. The van der Waals surface area contributed by atoms with Gasteiger partial charge in [-0.2, -0.15) is 0 Å². The Labute approximate surface area is 164 Å². The summed E-state index contributed by atoms with van der Waals surface area (Å²) in [5.74, 6) is -0.403. The van der Waals surface area contributed by atoms with Gasteiger partial charge in [0.2, 0.25) is 15.8 Å². The second kappa shape index (κ2) is 9.48. The fourth-order valence-corrected chi connectivity index (χ4v) is 3.42. The van der Waals surface area contributed by atoms with E-state index in [2.05, 4.69) is 4.72 Å². The molecule has 1 atom stereocenters. The molecule has 0 aliphatic rings. The average molecular weight is 405 g/mol. The van der Waals surface area contributed by atoms with Crippen molar-refractivity contribution in [1.82, 2.24) is 4.72 Å². The Bertz CT molecular complexity index is 920. The predicted octanol–water partition coefficient (Wildman–Crippen LogP) is 2.49. The number of carbonyl (C=O) groups is 2. The summed E-state index contributed by atoms with van der Waals surface area (Å²) in [6.45, 7) is 3.20. The number of hydrogen-bond acceptors (Lipinski definition) is 6. The van der Waals surface area contributed by atoms with Crippen molar-refractivity contribution in [1.29, 1.82) is 0 Å². The first-order valence-electron chi connectivity index (χ1n) is 8.67. The van der Waals surface area contributed by atoms with E-state index in [1.807, 2.05) is 6.92 Å². The maximum absolute atomic E-state index is 12.3. The molecule has 7 nitrogen and oxygen atoms in total. The lowest BCUT2D eigenvalue weighted by atomic mass is 10.1. The molecule has 0 aliphatic heterocycles. The first kappa shape index (κ1) is 21.6. The summed E-state index contributed by atoms with van der Waals surface area (Å²) in [7, 11) is -2.18. The van der Waals surface area contributed by atoms with Crippen LogP contribution in [0.1, 0.15) is 29.3 Å². The third-order valence-electron chi connectivity index (χ3n) is 4.00. The van der Waals surface area contributed by atoms with Crippen molar-refractivity contribution in [3.8, 4) is 5.75 Å². The van der Waals surface area contributed by atoms with E-state index in [4.69, 9.17) is 9.47 Å². The quantitative estimate of drug-likeness (QED) is 0.508. The van der Waals surface area contributed by atoms with Crippen LogP contribution >= 0.6 is 0 Å².